The van der Waals surface area contributed by atoms with Crippen LogP contribution in [0.5, 0.6) is 0 Å². The Morgan fingerprint density at radius 3 is 2.53 bits per heavy atom. The van der Waals surface area contributed by atoms with Gasteiger partial charge in [-0.2, -0.15) is 0 Å². The highest BCUT2D eigenvalue weighted by molar-refractivity contribution is 7.89. The summed E-state index contributed by atoms with van der Waals surface area (Å²) in [4.78, 5) is 1.40. The maximum Gasteiger partial charge on any atom is 0.241 e. The molecule has 2 N–H and O–H groups in total. The zero-order valence-corrected chi connectivity index (χ0v) is 13.9. The smallest absolute Gasteiger partial charge is 0.241 e. The Hall–Kier alpha value is -0.430. The summed E-state index contributed by atoms with van der Waals surface area (Å²) in [6.07, 6.45) is 0. The van der Waals surface area contributed by atoms with Crippen LogP contribution in [0.3, 0.4) is 0 Å². The minimum absolute atomic E-state index is 0.102. The Bertz CT molecular complexity index is 501. The van der Waals surface area contributed by atoms with Gasteiger partial charge in [-0.25, -0.2) is 13.1 Å². The van der Waals surface area contributed by atoms with Crippen molar-refractivity contribution in [2.75, 3.05) is 6.54 Å². The van der Waals surface area contributed by atoms with E-state index in [4.69, 9.17) is 0 Å². The first-order valence-corrected chi connectivity index (χ1v) is 8.83. The SMILES string of the molecule is CCNCc1cc(S(=O)(=O)NC(C)C(C)(C)C)cs1. The zero-order valence-electron chi connectivity index (χ0n) is 12.3. The number of nitrogens with one attached hydrogen (secondary N) is 2. The van der Waals surface area contributed by atoms with E-state index in [0.717, 1.165) is 11.4 Å². The van der Waals surface area contributed by atoms with Gasteiger partial charge in [0.1, 0.15) is 0 Å². The molecule has 0 amide bonds. The van der Waals surface area contributed by atoms with Crippen LogP contribution in [0.15, 0.2) is 16.3 Å². The average Bonchev–Trinajstić information content (AvgIpc) is 2.73. The Morgan fingerprint density at radius 1 is 1.37 bits per heavy atom. The fourth-order valence-electron chi connectivity index (χ4n) is 1.32. The third-order valence-electron chi connectivity index (χ3n) is 3.12. The predicted octanol–water partition coefficient (Wildman–Crippen LogP) is 2.57. The zero-order chi connectivity index (χ0) is 14.7. The molecule has 0 radical (unpaired) electrons. The van der Waals surface area contributed by atoms with Crippen molar-refractivity contribution in [3.05, 3.63) is 16.3 Å². The van der Waals surface area contributed by atoms with Crippen LogP contribution in [0.2, 0.25) is 0 Å². The van der Waals surface area contributed by atoms with Crippen molar-refractivity contribution >= 4 is 21.4 Å². The molecule has 1 unspecified atom stereocenters. The van der Waals surface area contributed by atoms with Gasteiger partial charge in [-0.05, 0) is 24.9 Å². The monoisotopic (exact) mass is 304 g/mol. The molecule has 0 fully saturated rings. The molecule has 1 aromatic rings. The summed E-state index contributed by atoms with van der Waals surface area (Å²) >= 11 is 1.47. The molecule has 1 atom stereocenters. The largest absolute Gasteiger partial charge is 0.312 e. The topological polar surface area (TPSA) is 58.2 Å². The summed E-state index contributed by atoms with van der Waals surface area (Å²) in [5.74, 6) is 0. The van der Waals surface area contributed by atoms with E-state index in [1.165, 1.54) is 11.3 Å². The summed E-state index contributed by atoms with van der Waals surface area (Å²) in [6, 6.07) is 1.63. The van der Waals surface area contributed by atoms with Crippen LogP contribution >= 0.6 is 11.3 Å². The molecule has 1 aromatic heterocycles. The minimum Gasteiger partial charge on any atom is -0.312 e. The Labute approximate surface area is 120 Å². The highest BCUT2D eigenvalue weighted by Crippen LogP contribution is 2.23. The molecule has 1 rings (SSSR count). The van der Waals surface area contributed by atoms with Crippen LogP contribution in [-0.4, -0.2) is 21.0 Å². The lowest BCUT2D eigenvalue weighted by Gasteiger charge is -2.27. The van der Waals surface area contributed by atoms with Crippen LogP contribution in [0.1, 0.15) is 39.5 Å². The van der Waals surface area contributed by atoms with Crippen molar-refractivity contribution in [1.29, 1.82) is 0 Å². The van der Waals surface area contributed by atoms with Gasteiger partial charge in [0, 0.05) is 22.8 Å². The summed E-state index contributed by atoms with van der Waals surface area (Å²) in [7, 11) is -3.41. The van der Waals surface area contributed by atoms with Crippen LogP contribution in [0.4, 0.5) is 0 Å². The number of thiophene rings is 1. The van der Waals surface area contributed by atoms with Crippen LogP contribution in [-0.2, 0) is 16.6 Å². The number of sulfonamides is 1. The van der Waals surface area contributed by atoms with Gasteiger partial charge in [0.15, 0.2) is 0 Å². The molecule has 0 aliphatic heterocycles. The Kier molecular flexibility index (Phi) is 5.55. The third-order valence-corrected chi connectivity index (χ3v) is 5.73. The molecule has 0 aromatic carbocycles. The van der Waals surface area contributed by atoms with E-state index in [9.17, 15) is 8.42 Å². The molecule has 110 valence electrons. The molecule has 0 saturated carbocycles. The molecular weight excluding hydrogens is 280 g/mol. The molecule has 0 aliphatic carbocycles. The van der Waals surface area contributed by atoms with E-state index >= 15 is 0 Å². The van der Waals surface area contributed by atoms with Gasteiger partial charge < -0.3 is 5.32 Å². The summed E-state index contributed by atoms with van der Waals surface area (Å²) in [5.41, 5.74) is -0.102. The molecule has 0 saturated heterocycles. The number of hydrogen-bond donors (Lipinski definition) is 2. The van der Waals surface area contributed by atoms with E-state index in [-0.39, 0.29) is 11.5 Å². The first kappa shape index (κ1) is 16.6. The van der Waals surface area contributed by atoms with Gasteiger partial charge in [0.05, 0.1) is 4.90 Å². The third kappa shape index (κ3) is 4.87. The van der Waals surface area contributed by atoms with Crippen molar-refractivity contribution in [2.45, 2.75) is 52.1 Å². The molecule has 19 heavy (non-hydrogen) atoms. The molecular formula is C13H24N2O2S2. The molecule has 0 bridgehead atoms. The first-order valence-electron chi connectivity index (χ1n) is 6.47. The maximum absolute atomic E-state index is 12.3. The van der Waals surface area contributed by atoms with Crippen molar-refractivity contribution in [3.8, 4) is 0 Å². The summed E-state index contributed by atoms with van der Waals surface area (Å²) < 4.78 is 27.2. The van der Waals surface area contributed by atoms with Gasteiger partial charge in [-0.1, -0.05) is 27.7 Å². The van der Waals surface area contributed by atoms with Crippen molar-refractivity contribution < 1.29 is 8.42 Å². The van der Waals surface area contributed by atoms with E-state index in [0.29, 0.717) is 11.4 Å². The minimum atomic E-state index is -3.41. The quantitative estimate of drug-likeness (QED) is 0.849. The standard InChI is InChI=1S/C13H24N2O2S2/c1-6-14-8-11-7-12(9-18-11)19(16,17)15-10(2)13(3,4)5/h7,9-10,14-15H,6,8H2,1-5H3. The molecule has 4 nitrogen and oxygen atoms in total. The Morgan fingerprint density at radius 2 is 2.00 bits per heavy atom. The normalized spacial score (nSPS) is 14.6. The van der Waals surface area contributed by atoms with E-state index in [1.54, 1.807) is 11.4 Å². The van der Waals surface area contributed by atoms with E-state index < -0.39 is 10.0 Å². The fourth-order valence-corrected chi connectivity index (χ4v) is 4.01. The second kappa shape index (κ2) is 6.35. The maximum atomic E-state index is 12.3. The molecule has 0 spiro atoms. The summed E-state index contributed by atoms with van der Waals surface area (Å²) in [5, 5.41) is 4.89. The Balaban J connectivity index is 2.80. The summed E-state index contributed by atoms with van der Waals surface area (Å²) in [6.45, 7) is 11.6. The van der Waals surface area contributed by atoms with Crippen LogP contribution in [0, 0.1) is 5.41 Å². The molecule has 6 heteroatoms. The van der Waals surface area contributed by atoms with Gasteiger partial charge >= 0.3 is 0 Å². The van der Waals surface area contributed by atoms with Gasteiger partial charge in [-0.15, -0.1) is 11.3 Å². The average molecular weight is 304 g/mol. The highest BCUT2D eigenvalue weighted by Gasteiger charge is 2.26. The fraction of sp³-hybridized carbons (Fsp3) is 0.692. The van der Waals surface area contributed by atoms with Gasteiger partial charge in [0.2, 0.25) is 10.0 Å². The first-order chi connectivity index (χ1) is 8.66. The number of rotatable bonds is 6. The van der Waals surface area contributed by atoms with E-state index in [2.05, 4.69) is 10.0 Å². The van der Waals surface area contributed by atoms with Crippen LogP contribution in [0.25, 0.3) is 0 Å². The second-order valence-corrected chi connectivity index (χ2v) is 8.45. The van der Waals surface area contributed by atoms with Gasteiger partial charge in [-0.3, -0.25) is 0 Å². The predicted molar refractivity (Wildman–Crippen MR) is 80.9 cm³/mol. The number of hydrogen-bond acceptors (Lipinski definition) is 4. The lowest BCUT2D eigenvalue weighted by Crippen LogP contribution is -2.41. The molecule has 1 heterocycles. The molecule has 0 aliphatic rings. The van der Waals surface area contributed by atoms with Gasteiger partial charge in [0.25, 0.3) is 0 Å². The van der Waals surface area contributed by atoms with Crippen molar-refractivity contribution in [3.63, 3.8) is 0 Å². The van der Waals surface area contributed by atoms with Crippen LogP contribution < -0.4 is 10.0 Å². The second-order valence-electron chi connectivity index (χ2n) is 5.74. The lowest BCUT2D eigenvalue weighted by atomic mass is 9.89. The highest BCUT2D eigenvalue weighted by atomic mass is 32.2. The van der Waals surface area contributed by atoms with Crippen molar-refractivity contribution in [1.82, 2.24) is 10.0 Å². The van der Waals surface area contributed by atoms with E-state index in [1.807, 2.05) is 34.6 Å². The lowest BCUT2D eigenvalue weighted by molar-refractivity contribution is 0.317. The van der Waals surface area contributed by atoms with Crippen molar-refractivity contribution in [2.24, 2.45) is 5.41 Å².